The van der Waals surface area contributed by atoms with Gasteiger partial charge in [0.25, 0.3) is 0 Å². The van der Waals surface area contributed by atoms with E-state index in [1.165, 1.54) is 5.56 Å². The molecule has 0 spiro atoms. The van der Waals surface area contributed by atoms with Gasteiger partial charge in [0.2, 0.25) is 0 Å². The van der Waals surface area contributed by atoms with Gasteiger partial charge in [-0.05, 0) is 24.6 Å². The maximum Gasteiger partial charge on any atom is 0.129 e. The van der Waals surface area contributed by atoms with E-state index in [4.69, 9.17) is 0 Å². The topological polar surface area (TPSA) is 0 Å². The van der Waals surface area contributed by atoms with Crippen LogP contribution >= 0.6 is 0 Å². The second-order valence-electron chi connectivity index (χ2n) is 4.37. The summed E-state index contributed by atoms with van der Waals surface area (Å²) in [5.41, 5.74) is 5.78. The molecule has 0 saturated heterocycles. The molecule has 0 heterocycles. The van der Waals surface area contributed by atoms with Crippen LogP contribution in [-0.2, 0) is 0 Å². The molecule has 0 amide bonds. The summed E-state index contributed by atoms with van der Waals surface area (Å²) in [6, 6.07) is 8.36. The van der Waals surface area contributed by atoms with Gasteiger partial charge >= 0.3 is 0 Å². The highest BCUT2D eigenvalue weighted by atomic mass is 28.3. The van der Waals surface area contributed by atoms with Crippen LogP contribution in [0.4, 0.5) is 0 Å². The van der Waals surface area contributed by atoms with E-state index in [2.05, 4.69) is 62.3 Å². The first-order valence-electron chi connectivity index (χ1n) is 4.57. The van der Waals surface area contributed by atoms with Gasteiger partial charge in [-0.1, -0.05) is 37.7 Å². The fraction of sp³-hybridized carbons (Fsp3) is 0.333. The van der Waals surface area contributed by atoms with Crippen LogP contribution in [0, 0.1) is 18.4 Å². The first kappa shape index (κ1) is 10.1. The average molecular weight is 188 g/mol. The highest BCUT2D eigenvalue weighted by molar-refractivity contribution is 6.83. The first-order valence-corrected chi connectivity index (χ1v) is 8.07. The predicted molar refractivity (Wildman–Crippen MR) is 61.4 cm³/mol. The zero-order chi connectivity index (χ0) is 9.90. The van der Waals surface area contributed by atoms with Crippen molar-refractivity contribution in [1.82, 2.24) is 0 Å². The largest absolute Gasteiger partial charge is 0.129 e. The van der Waals surface area contributed by atoms with E-state index in [9.17, 15) is 0 Å². The third kappa shape index (κ3) is 3.96. The fourth-order valence-electron chi connectivity index (χ4n) is 0.982. The molecule has 0 aliphatic rings. The predicted octanol–water partition coefficient (Wildman–Crippen LogP) is 3.22. The van der Waals surface area contributed by atoms with Gasteiger partial charge in [0.05, 0.1) is 0 Å². The van der Waals surface area contributed by atoms with Crippen LogP contribution in [0.15, 0.2) is 24.3 Å². The SMILES string of the molecule is Cc1cccc(C#C[Si](C)(C)C)c1. The molecule has 0 fully saturated rings. The lowest BCUT2D eigenvalue weighted by Gasteiger charge is -2.03. The summed E-state index contributed by atoms with van der Waals surface area (Å²) in [6.45, 7) is 8.88. The summed E-state index contributed by atoms with van der Waals surface area (Å²) in [4.78, 5) is 0. The summed E-state index contributed by atoms with van der Waals surface area (Å²) in [5, 5.41) is 0. The highest BCUT2D eigenvalue weighted by Gasteiger charge is 2.07. The Labute approximate surface area is 82.0 Å². The summed E-state index contributed by atoms with van der Waals surface area (Å²) < 4.78 is 0. The molecule has 0 saturated carbocycles. The van der Waals surface area contributed by atoms with Crippen molar-refractivity contribution in [2.75, 3.05) is 0 Å². The number of hydrogen-bond donors (Lipinski definition) is 0. The molecule has 1 aromatic rings. The Morgan fingerprint density at radius 3 is 2.38 bits per heavy atom. The number of aryl methyl sites for hydroxylation is 1. The van der Waals surface area contributed by atoms with Gasteiger partial charge in [0.15, 0.2) is 0 Å². The lowest BCUT2D eigenvalue weighted by Crippen LogP contribution is -2.16. The molecule has 1 rings (SSSR count). The Bertz CT molecular complexity index is 347. The summed E-state index contributed by atoms with van der Waals surface area (Å²) in [6.07, 6.45) is 0. The fourth-order valence-corrected chi connectivity index (χ4v) is 1.50. The Kier molecular flexibility index (Phi) is 2.95. The molecular weight excluding hydrogens is 172 g/mol. The van der Waals surface area contributed by atoms with E-state index in [0.717, 1.165) is 5.56 Å². The quantitative estimate of drug-likeness (QED) is 0.433. The molecule has 1 aromatic carbocycles. The van der Waals surface area contributed by atoms with Crippen molar-refractivity contribution in [3.63, 3.8) is 0 Å². The van der Waals surface area contributed by atoms with Crippen molar-refractivity contribution in [1.29, 1.82) is 0 Å². The summed E-state index contributed by atoms with van der Waals surface area (Å²) in [7, 11) is -1.22. The molecule has 0 N–H and O–H groups in total. The van der Waals surface area contributed by atoms with Crippen molar-refractivity contribution >= 4 is 8.07 Å². The minimum Gasteiger partial charge on any atom is -0.127 e. The molecule has 0 nitrogen and oxygen atoms in total. The summed E-state index contributed by atoms with van der Waals surface area (Å²) in [5.74, 6) is 3.24. The standard InChI is InChI=1S/C12H16Si/c1-11-6-5-7-12(10-11)8-9-13(2,3)4/h5-7,10H,1-4H3. The Morgan fingerprint density at radius 1 is 1.15 bits per heavy atom. The third-order valence-corrected chi connectivity index (χ3v) is 2.47. The van der Waals surface area contributed by atoms with E-state index in [1.54, 1.807) is 0 Å². The lowest BCUT2D eigenvalue weighted by atomic mass is 10.1. The maximum absolute atomic E-state index is 3.35. The van der Waals surface area contributed by atoms with Gasteiger partial charge in [0, 0.05) is 5.56 Å². The van der Waals surface area contributed by atoms with Crippen LogP contribution in [0.2, 0.25) is 19.6 Å². The van der Waals surface area contributed by atoms with Crippen LogP contribution in [0.25, 0.3) is 0 Å². The molecule has 13 heavy (non-hydrogen) atoms. The van der Waals surface area contributed by atoms with E-state index >= 15 is 0 Å². The van der Waals surface area contributed by atoms with Crippen molar-refractivity contribution in [2.24, 2.45) is 0 Å². The van der Waals surface area contributed by atoms with E-state index in [0.29, 0.717) is 0 Å². The molecule has 0 bridgehead atoms. The van der Waals surface area contributed by atoms with Gasteiger partial charge in [-0.2, -0.15) is 0 Å². The van der Waals surface area contributed by atoms with Crippen LogP contribution in [0.1, 0.15) is 11.1 Å². The van der Waals surface area contributed by atoms with Crippen LogP contribution in [0.5, 0.6) is 0 Å². The minimum atomic E-state index is -1.22. The van der Waals surface area contributed by atoms with Gasteiger partial charge in [-0.15, -0.1) is 5.54 Å². The van der Waals surface area contributed by atoms with Crippen LogP contribution < -0.4 is 0 Å². The Morgan fingerprint density at radius 2 is 1.85 bits per heavy atom. The minimum absolute atomic E-state index is 1.14. The van der Waals surface area contributed by atoms with Gasteiger partial charge in [-0.25, -0.2) is 0 Å². The maximum atomic E-state index is 3.35. The second-order valence-corrected chi connectivity index (χ2v) is 9.12. The number of benzene rings is 1. The smallest absolute Gasteiger partial charge is 0.127 e. The zero-order valence-electron chi connectivity index (χ0n) is 8.81. The van der Waals surface area contributed by atoms with E-state index < -0.39 is 8.07 Å². The normalized spacial score (nSPS) is 10.5. The van der Waals surface area contributed by atoms with Crippen LogP contribution in [0.3, 0.4) is 0 Å². The first-order chi connectivity index (χ1) is 5.97. The number of rotatable bonds is 0. The zero-order valence-corrected chi connectivity index (χ0v) is 9.81. The van der Waals surface area contributed by atoms with Crippen molar-refractivity contribution in [3.05, 3.63) is 35.4 Å². The van der Waals surface area contributed by atoms with E-state index in [1.807, 2.05) is 0 Å². The molecule has 1 heteroatoms. The van der Waals surface area contributed by atoms with Crippen molar-refractivity contribution in [3.8, 4) is 11.5 Å². The lowest BCUT2D eigenvalue weighted by molar-refractivity contribution is 1.46. The van der Waals surface area contributed by atoms with Gasteiger partial charge in [-0.3, -0.25) is 0 Å². The van der Waals surface area contributed by atoms with Gasteiger partial charge in [0.1, 0.15) is 8.07 Å². The van der Waals surface area contributed by atoms with Crippen molar-refractivity contribution < 1.29 is 0 Å². The number of hydrogen-bond acceptors (Lipinski definition) is 0. The molecular formula is C12H16Si. The average Bonchev–Trinajstić information content (AvgIpc) is 2.00. The van der Waals surface area contributed by atoms with Crippen LogP contribution in [-0.4, -0.2) is 8.07 Å². The highest BCUT2D eigenvalue weighted by Crippen LogP contribution is 2.03. The monoisotopic (exact) mass is 188 g/mol. The second kappa shape index (κ2) is 3.80. The molecule has 0 atom stereocenters. The molecule has 0 aliphatic heterocycles. The van der Waals surface area contributed by atoms with Crippen molar-refractivity contribution in [2.45, 2.75) is 26.6 Å². The Hall–Kier alpha value is -1.00. The molecule has 0 radical (unpaired) electrons. The molecule has 0 unspecified atom stereocenters. The third-order valence-electron chi connectivity index (χ3n) is 1.60. The Balaban J connectivity index is 2.90. The molecule has 0 aliphatic carbocycles. The molecule has 0 aromatic heterocycles. The van der Waals surface area contributed by atoms with Gasteiger partial charge < -0.3 is 0 Å². The summed E-state index contributed by atoms with van der Waals surface area (Å²) >= 11 is 0. The van der Waals surface area contributed by atoms with E-state index in [-0.39, 0.29) is 0 Å². The molecule has 68 valence electrons.